The molecule has 2 aromatic carbocycles. The zero-order valence-electron chi connectivity index (χ0n) is 13.6. The molecule has 1 N–H and O–H groups in total. The summed E-state index contributed by atoms with van der Waals surface area (Å²) >= 11 is 7.63. The minimum absolute atomic E-state index is 0.177. The number of hydrogen-bond donors (Lipinski definition) is 1. The molecule has 5 nitrogen and oxygen atoms in total. The Balaban J connectivity index is 1.99. The first kappa shape index (κ1) is 16.9. The summed E-state index contributed by atoms with van der Waals surface area (Å²) in [6, 6.07) is 13.9. The van der Waals surface area contributed by atoms with Crippen molar-refractivity contribution >= 4 is 45.5 Å². The number of hydrogen-bond acceptors (Lipinski definition) is 5. The van der Waals surface area contributed by atoms with E-state index in [0.29, 0.717) is 32.2 Å². The van der Waals surface area contributed by atoms with Gasteiger partial charge >= 0.3 is 0 Å². The molecule has 26 heavy (non-hydrogen) atoms. The minimum atomic E-state index is -0.315. The summed E-state index contributed by atoms with van der Waals surface area (Å²) in [4.78, 5) is 21.6. The molecule has 1 aromatic heterocycles. The van der Waals surface area contributed by atoms with Gasteiger partial charge in [0, 0.05) is 27.8 Å². The number of aromatic nitrogens is 1. The van der Waals surface area contributed by atoms with Crippen molar-refractivity contribution in [1.29, 1.82) is 0 Å². The fraction of sp³-hybridized carbons (Fsp3) is 0.105. The van der Waals surface area contributed by atoms with E-state index in [1.807, 2.05) is 6.07 Å². The number of thioether (sulfide) groups is 1. The Morgan fingerprint density at radius 3 is 2.73 bits per heavy atom. The van der Waals surface area contributed by atoms with Crippen molar-refractivity contribution in [2.75, 3.05) is 12.3 Å². The summed E-state index contributed by atoms with van der Waals surface area (Å²) in [6.45, 7) is 0.742. The molecular formula is C19H14ClN3O2S. The largest absolute Gasteiger partial charge is 0.494 e. The molecule has 0 bridgehead atoms. The normalized spacial score (nSPS) is 14.3. The highest BCUT2D eigenvalue weighted by Gasteiger charge is 2.16. The smallest absolute Gasteiger partial charge is 0.265 e. The molecule has 0 spiro atoms. The number of benzene rings is 2. The number of aliphatic imine (C=N–C) groups is 2. The summed E-state index contributed by atoms with van der Waals surface area (Å²) in [5, 5.41) is 13.2. The van der Waals surface area contributed by atoms with Crippen LogP contribution in [0.1, 0.15) is 5.56 Å². The van der Waals surface area contributed by atoms with Crippen molar-refractivity contribution < 1.29 is 5.11 Å². The van der Waals surface area contributed by atoms with Crippen LogP contribution in [0.2, 0.25) is 5.02 Å². The highest BCUT2D eigenvalue weighted by Crippen LogP contribution is 2.27. The number of halogens is 1. The third kappa shape index (κ3) is 3.02. The van der Waals surface area contributed by atoms with Crippen LogP contribution in [0.3, 0.4) is 0 Å². The van der Waals surface area contributed by atoms with Crippen LogP contribution < -0.4 is 5.56 Å². The number of fused-ring (bicyclic) bond motifs is 1. The van der Waals surface area contributed by atoms with Crippen LogP contribution in [0.4, 0.5) is 0 Å². The number of amidine groups is 1. The maximum absolute atomic E-state index is 13.0. The lowest BCUT2D eigenvalue weighted by atomic mass is 10.1. The van der Waals surface area contributed by atoms with E-state index < -0.39 is 0 Å². The summed E-state index contributed by atoms with van der Waals surface area (Å²) in [5.74, 6) is 0.727. The van der Waals surface area contributed by atoms with Gasteiger partial charge in [-0.15, -0.1) is 0 Å². The molecule has 1 aliphatic heterocycles. The molecular weight excluding hydrogens is 370 g/mol. The topological polar surface area (TPSA) is 66.9 Å². The highest BCUT2D eigenvalue weighted by atomic mass is 35.5. The van der Waals surface area contributed by atoms with Crippen LogP contribution in [-0.4, -0.2) is 33.4 Å². The molecule has 130 valence electrons. The quantitative estimate of drug-likeness (QED) is 0.683. The Hall–Kier alpha value is -2.57. The minimum Gasteiger partial charge on any atom is -0.494 e. The Morgan fingerprint density at radius 1 is 1.19 bits per heavy atom. The van der Waals surface area contributed by atoms with E-state index >= 15 is 0 Å². The molecule has 0 fully saturated rings. The van der Waals surface area contributed by atoms with E-state index in [1.165, 1.54) is 4.57 Å². The molecule has 3 aromatic rings. The molecule has 7 heteroatoms. The second kappa shape index (κ2) is 6.97. The Kier molecular flexibility index (Phi) is 4.53. The van der Waals surface area contributed by atoms with Crippen molar-refractivity contribution in [2.24, 2.45) is 9.98 Å². The molecule has 1 aliphatic rings. The first-order valence-corrected chi connectivity index (χ1v) is 9.35. The Labute approximate surface area is 158 Å². The number of aromatic hydroxyl groups is 1. The van der Waals surface area contributed by atoms with Crippen LogP contribution in [0.25, 0.3) is 16.5 Å². The first-order chi connectivity index (χ1) is 12.6. The van der Waals surface area contributed by atoms with E-state index in [9.17, 15) is 9.90 Å². The fourth-order valence-electron chi connectivity index (χ4n) is 2.87. The maximum Gasteiger partial charge on any atom is 0.265 e. The van der Waals surface area contributed by atoms with Gasteiger partial charge < -0.3 is 5.11 Å². The summed E-state index contributed by atoms with van der Waals surface area (Å²) in [5.41, 5.74) is 0.647. The summed E-state index contributed by atoms with van der Waals surface area (Å²) in [7, 11) is 0. The summed E-state index contributed by atoms with van der Waals surface area (Å²) in [6.07, 6.45) is 1.56. The predicted octanol–water partition coefficient (Wildman–Crippen LogP) is 3.87. The number of pyridine rings is 1. The Bertz CT molecular complexity index is 1120. The van der Waals surface area contributed by atoms with Crippen molar-refractivity contribution in [1.82, 2.24) is 4.57 Å². The monoisotopic (exact) mass is 383 g/mol. The fourth-order valence-corrected chi connectivity index (χ4v) is 3.73. The Morgan fingerprint density at radius 2 is 2.00 bits per heavy atom. The maximum atomic E-state index is 13.0. The van der Waals surface area contributed by atoms with Gasteiger partial charge in [0.25, 0.3) is 5.56 Å². The second-order valence-electron chi connectivity index (χ2n) is 5.67. The van der Waals surface area contributed by atoms with E-state index in [0.717, 1.165) is 12.3 Å². The third-order valence-electron chi connectivity index (χ3n) is 4.04. The zero-order chi connectivity index (χ0) is 18.1. The van der Waals surface area contributed by atoms with Gasteiger partial charge in [-0.3, -0.25) is 9.79 Å². The molecule has 4 rings (SSSR count). The lowest BCUT2D eigenvalue weighted by molar-refractivity contribution is 0.436. The van der Waals surface area contributed by atoms with Gasteiger partial charge in [-0.25, -0.2) is 9.56 Å². The third-order valence-corrected chi connectivity index (χ3v) is 5.16. The average molecular weight is 384 g/mol. The number of rotatable bonds is 2. The lowest BCUT2D eigenvalue weighted by Crippen LogP contribution is -2.20. The van der Waals surface area contributed by atoms with Crippen molar-refractivity contribution in [3.8, 4) is 11.6 Å². The van der Waals surface area contributed by atoms with E-state index in [-0.39, 0.29) is 11.4 Å². The first-order valence-electron chi connectivity index (χ1n) is 7.99. The molecule has 0 atom stereocenters. The van der Waals surface area contributed by atoms with Crippen molar-refractivity contribution in [3.63, 3.8) is 0 Å². The van der Waals surface area contributed by atoms with Gasteiger partial charge in [0.1, 0.15) is 0 Å². The van der Waals surface area contributed by atoms with Crippen LogP contribution in [-0.2, 0) is 0 Å². The lowest BCUT2D eigenvalue weighted by Gasteiger charge is -2.13. The van der Waals surface area contributed by atoms with Crippen LogP contribution in [0.15, 0.2) is 63.3 Å². The van der Waals surface area contributed by atoms with Gasteiger partial charge in [0.15, 0.2) is 5.17 Å². The standard InChI is InChI=1S/C19H14ClN3O2S/c20-12-4-3-5-13(10-12)23-17(24)15-7-2-1-6-14(15)16(18(23)25)11-22-19-21-8-9-26-19/h1-7,10-11,25H,8-9H2/b22-11+. The molecule has 0 saturated carbocycles. The van der Waals surface area contributed by atoms with E-state index in [1.54, 1.807) is 60.4 Å². The molecule has 0 radical (unpaired) electrons. The van der Waals surface area contributed by atoms with E-state index in [4.69, 9.17) is 11.6 Å². The molecule has 2 heterocycles. The SMILES string of the molecule is O=c1c2ccccc2c(/C=N/C2=NCCS2)c(O)n1-c1cccc(Cl)c1. The van der Waals surface area contributed by atoms with Crippen molar-refractivity contribution in [2.45, 2.75) is 0 Å². The predicted molar refractivity (Wildman–Crippen MR) is 109 cm³/mol. The van der Waals surface area contributed by atoms with Crippen molar-refractivity contribution in [3.05, 3.63) is 69.5 Å². The van der Waals surface area contributed by atoms with E-state index in [2.05, 4.69) is 9.98 Å². The van der Waals surface area contributed by atoms with Crippen LogP contribution in [0.5, 0.6) is 5.88 Å². The van der Waals surface area contributed by atoms with Gasteiger partial charge in [-0.2, -0.15) is 0 Å². The van der Waals surface area contributed by atoms with Crippen LogP contribution >= 0.6 is 23.4 Å². The van der Waals surface area contributed by atoms with Gasteiger partial charge in [0.2, 0.25) is 5.88 Å². The molecule has 0 aliphatic carbocycles. The molecule has 0 unspecified atom stereocenters. The van der Waals surface area contributed by atoms with Gasteiger partial charge in [-0.1, -0.05) is 47.6 Å². The van der Waals surface area contributed by atoms with Gasteiger partial charge in [0.05, 0.1) is 17.8 Å². The number of nitrogens with zero attached hydrogens (tertiary/aromatic N) is 3. The zero-order valence-corrected chi connectivity index (χ0v) is 15.2. The molecule has 0 saturated heterocycles. The average Bonchev–Trinajstić information content (AvgIpc) is 3.15. The van der Waals surface area contributed by atoms with Gasteiger partial charge in [-0.05, 0) is 24.3 Å². The molecule has 0 amide bonds. The second-order valence-corrected chi connectivity index (χ2v) is 7.17. The van der Waals surface area contributed by atoms with Crippen LogP contribution in [0, 0.1) is 0 Å². The highest BCUT2D eigenvalue weighted by molar-refractivity contribution is 8.14. The summed E-state index contributed by atoms with van der Waals surface area (Å²) < 4.78 is 1.25.